The summed E-state index contributed by atoms with van der Waals surface area (Å²) in [4.78, 5) is 16.5. The number of piperidine rings is 1. The number of nitro groups is 1. The van der Waals surface area contributed by atoms with E-state index in [0.29, 0.717) is 11.7 Å². The summed E-state index contributed by atoms with van der Waals surface area (Å²) in [6.07, 6.45) is 2.82. The molecule has 0 amide bonds. The van der Waals surface area contributed by atoms with Gasteiger partial charge in [-0.05, 0) is 25.2 Å². The summed E-state index contributed by atoms with van der Waals surface area (Å²) in [5.74, 6) is 1.11. The molecule has 1 unspecified atom stereocenters. The van der Waals surface area contributed by atoms with Gasteiger partial charge in [-0.3, -0.25) is 10.1 Å². The number of rotatable bonds is 4. The number of aliphatic hydroxyl groups is 1. The summed E-state index contributed by atoms with van der Waals surface area (Å²) in [6, 6.07) is 2.72. The molecule has 1 fully saturated rings. The molecule has 1 atom stereocenters. The molecule has 3 N–H and O–H groups in total. The zero-order valence-electron chi connectivity index (χ0n) is 10.7. The van der Waals surface area contributed by atoms with Gasteiger partial charge in [0.25, 0.3) is 5.69 Å². The molecular weight excluding hydrogens is 248 g/mol. The molecule has 1 aromatic heterocycles. The first-order valence-corrected chi connectivity index (χ1v) is 6.38. The van der Waals surface area contributed by atoms with E-state index in [2.05, 4.69) is 4.98 Å². The summed E-state index contributed by atoms with van der Waals surface area (Å²) in [7, 11) is 0. The Bertz CT molecular complexity index is 464. The number of nitrogens with two attached hydrogens (primary N) is 1. The van der Waals surface area contributed by atoms with Crippen LogP contribution in [0.25, 0.3) is 0 Å². The quantitative estimate of drug-likeness (QED) is 0.626. The summed E-state index contributed by atoms with van der Waals surface area (Å²) >= 11 is 0. The molecule has 0 radical (unpaired) electrons. The summed E-state index contributed by atoms with van der Waals surface area (Å²) < 4.78 is 0. The van der Waals surface area contributed by atoms with E-state index in [0.717, 1.165) is 32.4 Å². The second kappa shape index (κ2) is 5.83. The lowest BCUT2D eigenvalue weighted by atomic mass is 9.95. The zero-order chi connectivity index (χ0) is 13.8. The average molecular weight is 266 g/mol. The Morgan fingerprint density at radius 2 is 2.37 bits per heavy atom. The Balaban J connectivity index is 2.18. The van der Waals surface area contributed by atoms with Gasteiger partial charge in [0, 0.05) is 19.7 Å². The first-order chi connectivity index (χ1) is 9.10. The van der Waals surface area contributed by atoms with Crippen LogP contribution in [0.3, 0.4) is 0 Å². The highest BCUT2D eigenvalue weighted by Gasteiger charge is 2.22. The van der Waals surface area contributed by atoms with Crippen molar-refractivity contribution in [3.63, 3.8) is 0 Å². The second-order valence-electron chi connectivity index (χ2n) is 4.83. The largest absolute Gasteiger partial charge is 0.396 e. The van der Waals surface area contributed by atoms with Crippen LogP contribution in [0, 0.1) is 16.0 Å². The van der Waals surface area contributed by atoms with E-state index < -0.39 is 4.92 Å². The molecule has 104 valence electrons. The zero-order valence-corrected chi connectivity index (χ0v) is 10.7. The fourth-order valence-corrected chi connectivity index (χ4v) is 2.48. The maximum atomic E-state index is 10.8. The van der Waals surface area contributed by atoms with Crippen LogP contribution in [-0.2, 0) is 0 Å². The van der Waals surface area contributed by atoms with Gasteiger partial charge in [-0.1, -0.05) is 0 Å². The van der Waals surface area contributed by atoms with Crippen LogP contribution in [0.4, 0.5) is 17.3 Å². The Hall–Kier alpha value is -1.89. The molecule has 0 aliphatic carbocycles. The number of pyridine rings is 1. The van der Waals surface area contributed by atoms with E-state index in [9.17, 15) is 10.1 Å². The molecule has 7 nitrogen and oxygen atoms in total. The van der Waals surface area contributed by atoms with Gasteiger partial charge in [0.2, 0.25) is 0 Å². The van der Waals surface area contributed by atoms with Crippen molar-refractivity contribution in [3.05, 3.63) is 22.2 Å². The van der Waals surface area contributed by atoms with Crippen molar-refractivity contribution in [1.29, 1.82) is 0 Å². The van der Waals surface area contributed by atoms with Crippen molar-refractivity contribution in [2.24, 2.45) is 5.92 Å². The molecule has 2 rings (SSSR count). The fraction of sp³-hybridized carbons (Fsp3) is 0.583. The highest BCUT2D eigenvalue weighted by Crippen LogP contribution is 2.27. The highest BCUT2D eigenvalue weighted by atomic mass is 16.6. The Morgan fingerprint density at radius 3 is 3.05 bits per heavy atom. The minimum Gasteiger partial charge on any atom is -0.396 e. The fourth-order valence-electron chi connectivity index (χ4n) is 2.48. The van der Waals surface area contributed by atoms with Crippen LogP contribution in [0.15, 0.2) is 12.1 Å². The highest BCUT2D eigenvalue weighted by molar-refractivity contribution is 5.54. The van der Waals surface area contributed by atoms with Crippen LogP contribution in [0.5, 0.6) is 0 Å². The molecule has 0 saturated carbocycles. The minimum atomic E-state index is -0.462. The van der Waals surface area contributed by atoms with E-state index >= 15 is 0 Å². The molecule has 1 aliphatic rings. The summed E-state index contributed by atoms with van der Waals surface area (Å²) in [5.41, 5.74) is 5.58. The van der Waals surface area contributed by atoms with Gasteiger partial charge in [0.05, 0.1) is 17.1 Å². The van der Waals surface area contributed by atoms with Crippen LogP contribution < -0.4 is 10.6 Å². The lowest BCUT2D eigenvalue weighted by Gasteiger charge is -2.33. The third-order valence-corrected chi connectivity index (χ3v) is 3.41. The summed E-state index contributed by atoms with van der Waals surface area (Å²) in [5, 5.41) is 19.8. The topological polar surface area (TPSA) is 106 Å². The molecule has 0 spiro atoms. The van der Waals surface area contributed by atoms with Crippen molar-refractivity contribution in [2.75, 3.05) is 30.3 Å². The Kier molecular flexibility index (Phi) is 4.16. The van der Waals surface area contributed by atoms with Crippen molar-refractivity contribution < 1.29 is 10.0 Å². The van der Waals surface area contributed by atoms with Crippen LogP contribution in [0.2, 0.25) is 0 Å². The van der Waals surface area contributed by atoms with Gasteiger partial charge in [-0.2, -0.15) is 0 Å². The van der Waals surface area contributed by atoms with E-state index in [1.54, 1.807) is 0 Å². The molecule has 0 bridgehead atoms. The van der Waals surface area contributed by atoms with E-state index in [-0.39, 0.29) is 18.1 Å². The molecule has 1 saturated heterocycles. The molecule has 1 aromatic rings. The number of anilines is 2. The SMILES string of the molecule is Nc1cc([N+](=O)[O-])cc(N2CCCC(CCO)C2)n1. The number of aromatic nitrogens is 1. The molecule has 0 aromatic carbocycles. The predicted octanol–water partition coefficient (Wildman–Crippen LogP) is 1.17. The Labute approximate surface area is 111 Å². The number of hydrogen-bond acceptors (Lipinski definition) is 6. The first-order valence-electron chi connectivity index (χ1n) is 6.38. The monoisotopic (exact) mass is 266 g/mol. The number of nitrogen functional groups attached to an aromatic ring is 1. The molecule has 1 aliphatic heterocycles. The van der Waals surface area contributed by atoms with Crippen molar-refractivity contribution in [2.45, 2.75) is 19.3 Å². The normalized spacial score (nSPS) is 19.4. The van der Waals surface area contributed by atoms with Gasteiger partial charge in [0.15, 0.2) is 0 Å². The van der Waals surface area contributed by atoms with Crippen LogP contribution in [0.1, 0.15) is 19.3 Å². The second-order valence-corrected chi connectivity index (χ2v) is 4.83. The van der Waals surface area contributed by atoms with E-state index in [1.807, 2.05) is 4.90 Å². The van der Waals surface area contributed by atoms with Gasteiger partial charge in [-0.25, -0.2) is 4.98 Å². The maximum absolute atomic E-state index is 10.8. The molecule has 19 heavy (non-hydrogen) atoms. The van der Waals surface area contributed by atoms with E-state index in [1.165, 1.54) is 12.1 Å². The third kappa shape index (κ3) is 3.31. The first kappa shape index (κ1) is 13.5. The lowest BCUT2D eigenvalue weighted by Crippen LogP contribution is -2.36. The third-order valence-electron chi connectivity index (χ3n) is 3.41. The predicted molar refractivity (Wildman–Crippen MR) is 71.9 cm³/mol. The maximum Gasteiger partial charge on any atom is 0.276 e. The number of hydrogen-bond donors (Lipinski definition) is 2. The van der Waals surface area contributed by atoms with Crippen molar-refractivity contribution >= 4 is 17.3 Å². The van der Waals surface area contributed by atoms with Crippen LogP contribution in [-0.4, -0.2) is 34.7 Å². The smallest absolute Gasteiger partial charge is 0.276 e. The standard InChI is InChI=1S/C12H18N4O3/c13-11-6-10(16(18)19)7-12(14-11)15-4-1-2-9(8-15)3-5-17/h6-7,9,17H,1-5,8H2,(H2,13,14). The van der Waals surface area contributed by atoms with Gasteiger partial charge < -0.3 is 15.7 Å². The average Bonchev–Trinajstić information content (AvgIpc) is 2.38. The van der Waals surface area contributed by atoms with Gasteiger partial charge in [0.1, 0.15) is 11.6 Å². The van der Waals surface area contributed by atoms with Gasteiger partial charge in [-0.15, -0.1) is 0 Å². The van der Waals surface area contributed by atoms with Crippen molar-refractivity contribution in [1.82, 2.24) is 4.98 Å². The molecular formula is C12H18N4O3. The number of nitrogens with zero attached hydrogens (tertiary/aromatic N) is 3. The van der Waals surface area contributed by atoms with E-state index in [4.69, 9.17) is 10.8 Å². The van der Waals surface area contributed by atoms with Crippen molar-refractivity contribution in [3.8, 4) is 0 Å². The molecule has 7 heteroatoms. The van der Waals surface area contributed by atoms with Gasteiger partial charge >= 0.3 is 0 Å². The Morgan fingerprint density at radius 1 is 1.58 bits per heavy atom. The lowest BCUT2D eigenvalue weighted by molar-refractivity contribution is -0.384. The number of aliphatic hydroxyl groups excluding tert-OH is 1. The minimum absolute atomic E-state index is 0.0354. The molecule has 2 heterocycles. The summed E-state index contributed by atoms with van der Waals surface area (Å²) in [6.45, 7) is 1.74. The van der Waals surface area contributed by atoms with Crippen LogP contribution >= 0.6 is 0 Å².